The average Bonchev–Trinajstić information content (AvgIpc) is 2.85. The van der Waals surface area contributed by atoms with E-state index in [1.54, 1.807) is 0 Å². The minimum atomic E-state index is -0.0268. The molecule has 0 aromatic heterocycles. The van der Waals surface area contributed by atoms with Crippen molar-refractivity contribution in [2.45, 2.75) is 26.2 Å². The third kappa shape index (κ3) is 2.26. The molecule has 0 unspecified atom stereocenters. The van der Waals surface area contributed by atoms with E-state index in [1.165, 1.54) is 23.5 Å². The Hall–Kier alpha value is -1.38. The number of amidine groups is 2. The lowest BCUT2D eigenvalue weighted by Crippen LogP contribution is -2.44. The van der Waals surface area contributed by atoms with Crippen LogP contribution in [0.2, 0.25) is 0 Å². The molecule has 0 fully saturated rings. The first kappa shape index (κ1) is 13.1. The molecule has 2 heterocycles. The van der Waals surface area contributed by atoms with Gasteiger partial charge in [0.1, 0.15) is 12.3 Å². The number of nitrogens with zero attached hydrogens (tertiary/aromatic N) is 6. The van der Waals surface area contributed by atoms with Crippen LogP contribution in [0.1, 0.15) is 13.8 Å². The van der Waals surface area contributed by atoms with Gasteiger partial charge in [-0.2, -0.15) is 10.5 Å². The summed E-state index contributed by atoms with van der Waals surface area (Å²) in [7, 11) is 0. The molecule has 0 bridgehead atoms. The molecule has 6 nitrogen and oxygen atoms in total. The van der Waals surface area contributed by atoms with Gasteiger partial charge >= 0.3 is 0 Å². The van der Waals surface area contributed by atoms with Gasteiger partial charge in [0.25, 0.3) is 0 Å². The van der Waals surface area contributed by atoms with E-state index in [1.807, 2.05) is 23.9 Å². The van der Waals surface area contributed by atoms with Crippen LogP contribution in [0.25, 0.3) is 0 Å². The predicted octanol–water partition coefficient (Wildman–Crippen LogP) is 1.45. The largest absolute Gasteiger partial charge is 0.234 e. The molecule has 94 valence electrons. The Morgan fingerprint density at radius 1 is 1.00 bits per heavy atom. The van der Waals surface area contributed by atoms with Crippen molar-refractivity contribution in [1.82, 2.24) is 10.0 Å². The van der Waals surface area contributed by atoms with Crippen molar-refractivity contribution < 1.29 is 0 Å². The van der Waals surface area contributed by atoms with Crippen molar-refractivity contribution in [3.63, 3.8) is 0 Å². The molecular formula is C10H12N6S2. The minimum Gasteiger partial charge on any atom is -0.234 e. The molecule has 0 aliphatic carbocycles. The maximum absolute atomic E-state index is 8.64. The van der Waals surface area contributed by atoms with Gasteiger partial charge in [-0.3, -0.25) is 0 Å². The molecule has 0 saturated carbocycles. The fraction of sp³-hybridized carbons (Fsp3) is 0.600. The zero-order valence-electron chi connectivity index (χ0n) is 10.1. The summed E-state index contributed by atoms with van der Waals surface area (Å²) in [6.45, 7) is 3.96. The van der Waals surface area contributed by atoms with Gasteiger partial charge in [-0.1, -0.05) is 23.5 Å². The highest BCUT2D eigenvalue weighted by atomic mass is 32.2. The smallest absolute Gasteiger partial charge is 0.183 e. The third-order valence-corrected chi connectivity index (χ3v) is 4.11. The molecule has 2 atom stereocenters. The second-order valence-electron chi connectivity index (χ2n) is 3.67. The number of thioether (sulfide) groups is 2. The number of fused-ring (bicyclic) bond motifs is 1. The highest BCUT2D eigenvalue weighted by Gasteiger charge is 2.41. The summed E-state index contributed by atoms with van der Waals surface area (Å²) in [5.41, 5.74) is 0. The number of aliphatic imine (C=N–C) groups is 2. The molecule has 0 aromatic rings. The van der Waals surface area contributed by atoms with Crippen LogP contribution >= 0.6 is 23.5 Å². The number of hydrazine groups is 1. The van der Waals surface area contributed by atoms with Crippen LogP contribution < -0.4 is 0 Å². The normalized spacial score (nSPS) is 25.3. The van der Waals surface area contributed by atoms with E-state index >= 15 is 0 Å². The van der Waals surface area contributed by atoms with Crippen molar-refractivity contribution in [3.05, 3.63) is 0 Å². The number of hydrogen-bond donors (Lipinski definition) is 0. The molecule has 2 aliphatic heterocycles. The summed E-state index contributed by atoms with van der Waals surface area (Å²) in [6, 6.07) is 4.20. The highest BCUT2D eigenvalue weighted by Crippen LogP contribution is 2.33. The predicted molar refractivity (Wildman–Crippen MR) is 73.6 cm³/mol. The second kappa shape index (κ2) is 5.51. The summed E-state index contributed by atoms with van der Waals surface area (Å²) in [5, 5.41) is 22.9. The molecule has 0 radical (unpaired) electrons. The van der Waals surface area contributed by atoms with Gasteiger partial charge in [0.2, 0.25) is 0 Å². The number of nitriles is 2. The van der Waals surface area contributed by atoms with Crippen molar-refractivity contribution in [3.8, 4) is 12.1 Å². The first-order valence-electron chi connectivity index (χ1n) is 5.42. The monoisotopic (exact) mass is 280 g/mol. The van der Waals surface area contributed by atoms with Crippen LogP contribution in [0.3, 0.4) is 0 Å². The minimum absolute atomic E-state index is 0.0268. The van der Waals surface area contributed by atoms with Crippen LogP contribution in [0, 0.1) is 22.7 Å². The molecule has 18 heavy (non-hydrogen) atoms. The van der Waals surface area contributed by atoms with Crippen molar-refractivity contribution in [2.75, 3.05) is 11.5 Å². The van der Waals surface area contributed by atoms with Gasteiger partial charge in [0, 0.05) is 0 Å². The lowest BCUT2D eigenvalue weighted by Gasteiger charge is -2.28. The maximum atomic E-state index is 8.64. The summed E-state index contributed by atoms with van der Waals surface area (Å²) in [5.74, 6) is 0.757. The van der Waals surface area contributed by atoms with Crippen LogP contribution in [0.4, 0.5) is 0 Å². The second-order valence-corrected chi connectivity index (χ2v) is 5.55. The zero-order valence-corrected chi connectivity index (χ0v) is 11.7. The maximum Gasteiger partial charge on any atom is 0.183 e. The summed E-state index contributed by atoms with van der Waals surface area (Å²) in [6.07, 6.45) is -0.0535. The highest BCUT2D eigenvalue weighted by molar-refractivity contribution is 8.14. The van der Waals surface area contributed by atoms with Gasteiger partial charge in [-0.05, 0) is 13.8 Å². The molecule has 0 N–H and O–H groups in total. The Kier molecular flexibility index (Phi) is 4.00. The first-order chi connectivity index (χ1) is 8.69. The van der Waals surface area contributed by atoms with E-state index < -0.39 is 0 Å². The van der Waals surface area contributed by atoms with Gasteiger partial charge in [0.15, 0.2) is 10.3 Å². The van der Waals surface area contributed by atoms with Gasteiger partial charge in [-0.15, -0.1) is 0 Å². The van der Waals surface area contributed by atoms with Gasteiger partial charge in [0.05, 0.1) is 23.6 Å². The van der Waals surface area contributed by atoms with E-state index in [4.69, 9.17) is 10.5 Å². The fourth-order valence-corrected chi connectivity index (χ4v) is 3.40. The first-order valence-corrected chi connectivity index (χ1v) is 7.39. The molecule has 8 heteroatoms. The SMILES string of the molecule is C[C@H]1N=C(SCC#N)N2[C@@H](C)N=C(SCC#N)N12. The topological polar surface area (TPSA) is 78.8 Å². The van der Waals surface area contributed by atoms with Crippen LogP contribution in [0.15, 0.2) is 9.98 Å². The Morgan fingerprint density at radius 3 is 1.72 bits per heavy atom. The molecule has 0 spiro atoms. The van der Waals surface area contributed by atoms with Crippen molar-refractivity contribution in [2.24, 2.45) is 9.98 Å². The summed E-state index contributed by atoms with van der Waals surface area (Å²) >= 11 is 2.84. The average molecular weight is 280 g/mol. The van der Waals surface area contributed by atoms with E-state index in [0.29, 0.717) is 11.5 Å². The van der Waals surface area contributed by atoms with Crippen LogP contribution in [0.5, 0.6) is 0 Å². The third-order valence-electron chi connectivity index (χ3n) is 2.46. The Labute approximate surface area is 114 Å². The Balaban J connectivity index is 2.12. The quantitative estimate of drug-likeness (QED) is 0.761. The van der Waals surface area contributed by atoms with Gasteiger partial charge < -0.3 is 0 Å². The molecule has 0 saturated heterocycles. The fourth-order valence-electron chi connectivity index (χ4n) is 1.81. The van der Waals surface area contributed by atoms with Crippen molar-refractivity contribution in [1.29, 1.82) is 10.5 Å². The summed E-state index contributed by atoms with van der Waals surface area (Å²) < 4.78 is 0. The molecule has 2 aliphatic rings. The molecule has 2 rings (SSSR count). The molecule has 0 amide bonds. The van der Waals surface area contributed by atoms with E-state index in [-0.39, 0.29) is 12.3 Å². The van der Waals surface area contributed by atoms with E-state index in [9.17, 15) is 0 Å². The molecule has 0 aromatic carbocycles. The lowest BCUT2D eigenvalue weighted by molar-refractivity contribution is 0.119. The Bertz CT molecular complexity index is 430. The standard InChI is InChI=1S/C10H12N6S2/c1-7-13-9(17-5-3-11)16-8(2)14-10(15(7)16)18-6-4-12/h7-8H,5-6H2,1-2H3/t7-,8-/m0/s1. The van der Waals surface area contributed by atoms with Crippen LogP contribution in [-0.2, 0) is 0 Å². The van der Waals surface area contributed by atoms with E-state index in [0.717, 1.165) is 10.3 Å². The lowest BCUT2D eigenvalue weighted by atomic mass is 10.6. The number of hydrogen-bond acceptors (Lipinski definition) is 8. The molecular weight excluding hydrogens is 268 g/mol. The Morgan fingerprint density at radius 2 is 1.39 bits per heavy atom. The van der Waals surface area contributed by atoms with Crippen molar-refractivity contribution >= 4 is 33.9 Å². The van der Waals surface area contributed by atoms with Gasteiger partial charge in [-0.25, -0.2) is 20.0 Å². The van der Waals surface area contributed by atoms with Crippen LogP contribution in [-0.4, -0.2) is 44.2 Å². The summed E-state index contributed by atoms with van der Waals surface area (Å²) in [4.78, 5) is 9.05. The zero-order chi connectivity index (χ0) is 13.1. The van der Waals surface area contributed by atoms with E-state index in [2.05, 4.69) is 22.1 Å². The number of rotatable bonds is 2.